The van der Waals surface area contributed by atoms with E-state index in [0.717, 1.165) is 18.4 Å². The molecule has 0 aromatic heterocycles. The molecule has 27 heavy (non-hydrogen) atoms. The van der Waals surface area contributed by atoms with Crippen molar-refractivity contribution in [3.63, 3.8) is 0 Å². The molecule has 7 heteroatoms. The van der Waals surface area contributed by atoms with Gasteiger partial charge in [0.1, 0.15) is 5.82 Å². The van der Waals surface area contributed by atoms with Crippen molar-refractivity contribution in [2.75, 3.05) is 19.6 Å². The number of amides is 1. The SMILES string of the molecule is Cc1ccc(C(=O)NCCc2ccc(F)cc2)cc1S(=O)(=O)N1CCCC1. The molecule has 2 aromatic rings. The molecule has 0 radical (unpaired) electrons. The number of halogens is 1. The maximum absolute atomic E-state index is 12.9. The molecule has 0 spiro atoms. The third-order valence-corrected chi connectivity index (χ3v) is 6.79. The van der Waals surface area contributed by atoms with Crippen molar-refractivity contribution in [1.29, 1.82) is 0 Å². The van der Waals surface area contributed by atoms with Crippen molar-refractivity contribution in [3.8, 4) is 0 Å². The standard InChI is InChI=1S/C20H23FN2O3S/c1-15-4-7-17(14-19(15)27(25,26)23-12-2-3-13-23)20(24)22-11-10-16-5-8-18(21)9-6-16/h4-9,14H,2-3,10-13H2,1H3,(H,22,24). The normalized spacial score (nSPS) is 15.0. The van der Waals surface area contributed by atoms with Crippen LogP contribution in [0.25, 0.3) is 0 Å². The lowest BCUT2D eigenvalue weighted by Crippen LogP contribution is -2.29. The van der Waals surface area contributed by atoms with E-state index in [1.54, 1.807) is 31.2 Å². The molecule has 0 aliphatic carbocycles. The number of rotatable bonds is 6. The minimum Gasteiger partial charge on any atom is -0.352 e. The van der Waals surface area contributed by atoms with Crippen molar-refractivity contribution in [2.45, 2.75) is 31.1 Å². The number of nitrogens with one attached hydrogen (secondary N) is 1. The molecule has 0 atom stereocenters. The predicted octanol–water partition coefficient (Wildman–Crippen LogP) is 2.89. The summed E-state index contributed by atoms with van der Waals surface area (Å²) >= 11 is 0. The summed E-state index contributed by atoms with van der Waals surface area (Å²) in [6.45, 7) is 3.16. The summed E-state index contributed by atoms with van der Waals surface area (Å²) in [6, 6.07) is 10.9. The summed E-state index contributed by atoms with van der Waals surface area (Å²) in [4.78, 5) is 12.6. The predicted molar refractivity (Wildman–Crippen MR) is 102 cm³/mol. The molecule has 1 aliphatic heterocycles. The quantitative estimate of drug-likeness (QED) is 0.825. The van der Waals surface area contributed by atoms with Gasteiger partial charge >= 0.3 is 0 Å². The highest BCUT2D eigenvalue weighted by molar-refractivity contribution is 7.89. The number of hydrogen-bond acceptors (Lipinski definition) is 3. The van der Waals surface area contributed by atoms with Crippen molar-refractivity contribution in [1.82, 2.24) is 9.62 Å². The Hall–Kier alpha value is -2.25. The average Bonchev–Trinajstić information content (AvgIpc) is 3.19. The minimum absolute atomic E-state index is 0.190. The van der Waals surface area contributed by atoms with Gasteiger partial charge in [-0.2, -0.15) is 4.31 Å². The molecule has 0 bridgehead atoms. The maximum atomic E-state index is 12.9. The van der Waals surface area contributed by atoms with Gasteiger partial charge in [0.15, 0.2) is 0 Å². The Balaban J connectivity index is 1.69. The number of hydrogen-bond donors (Lipinski definition) is 1. The van der Waals surface area contributed by atoms with E-state index in [1.807, 2.05) is 0 Å². The van der Waals surface area contributed by atoms with Gasteiger partial charge in [0.2, 0.25) is 10.0 Å². The summed E-state index contributed by atoms with van der Waals surface area (Å²) in [5.74, 6) is -0.621. The molecule has 5 nitrogen and oxygen atoms in total. The fraction of sp³-hybridized carbons (Fsp3) is 0.350. The minimum atomic E-state index is -3.58. The molecular weight excluding hydrogens is 367 g/mol. The molecular formula is C20H23FN2O3S. The highest BCUT2D eigenvalue weighted by Gasteiger charge is 2.29. The van der Waals surface area contributed by atoms with E-state index in [0.29, 0.717) is 37.2 Å². The fourth-order valence-corrected chi connectivity index (χ4v) is 4.93. The molecule has 0 unspecified atom stereocenters. The highest BCUT2D eigenvalue weighted by atomic mass is 32.2. The molecule has 2 aromatic carbocycles. The van der Waals surface area contributed by atoms with Crippen LogP contribution >= 0.6 is 0 Å². The van der Waals surface area contributed by atoms with Crippen LogP contribution in [-0.4, -0.2) is 38.3 Å². The smallest absolute Gasteiger partial charge is 0.251 e. The van der Waals surface area contributed by atoms with Crippen molar-refractivity contribution >= 4 is 15.9 Å². The van der Waals surface area contributed by atoms with Gasteiger partial charge in [0.05, 0.1) is 4.90 Å². The van der Waals surface area contributed by atoms with Gasteiger partial charge in [0, 0.05) is 25.2 Å². The van der Waals surface area contributed by atoms with Gasteiger partial charge in [-0.05, 0) is 61.6 Å². The lowest BCUT2D eigenvalue weighted by molar-refractivity contribution is 0.0954. The van der Waals surface area contributed by atoms with Gasteiger partial charge in [-0.1, -0.05) is 18.2 Å². The van der Waals surface area contributed by atoms with Crippen LogP contribution in [0, 0.1) is 12.7 Å². The Morgan fingerprint density at radius 1 is 1.11 bits per heavy atom. The van der Waals surface area contributed by atoms with Crippen LogP contribution in [0.1, 0.15) is 34.3 Å². The first kappa shape index (κ1) is 19.5. The molecule has 1 fully saturated rings. The van der Waals surface area contributed by atoms with E-state index in [1.165, 1.54) is 22.5 Å². The summed E-state index contributed by atoms with van der Waals surface area (Å²) in [7, 11) is -3.58. The van der Waals surface area contributed by atoms with E-state index in [-0.39, 0.29) is 16.6 Å². The van der Waals surface area contributed by atoms with E-state index in [2.05, 4.69) is 5.32 Å². The van der Waals surface area contributed by atoms with Crippen LogP contribution in [0.3, 0.4) is 0 Å². The van der Waals surface area contributed by atoms with Crippen molar-refractivity contribution in [3.05, 3.63) is 65.0 Å². The van der Waals surface area contributed by atoms with Crippen molar-refractivity contribution < 1.29 is 17.6 Å². The van der Waals surface area contributed by atoms with Crippen LogP contribution in [0.2, 0.25) is 0 Å². The Kier molecular flexibility index (Phi) is 5.92. The topological polar surface area (TPSA) is 66.5 Å². The largest absolute Gasteiger partial charge is 0.352 e. The zero-order valence-corrected chi connectivity index (χ0v) is 16.1. The third kappa shape index (κ3) is 4.54. The zero-order valence-electron chi connectivity index (χ0n) is 15.2. The molecule has 144 valence electrons. The second kappa shape index (κ2) is 8.19. The second-order valence-corrected chi connectivity index (χ2v) is 8.63. The number of sulfonamides is 1. The highest BCUT2D eigenvalue weighted by Crippen LogP contribution is 2.24. The first-order chi connectivity index (χ1) is 12.9. The van der Waals surface area contributed by atoms with Gasteiger partial charge in [-0.25, -0.2) is 12.8 Å². The number of aryl methyl sites for hydroxylation is 1. The Labute approximate surface area is 159 Å². The van der Waals surface area contributed by atoms with Crippen LogP contribution in [0.15, 0.2) is 47.4 Å². The van der Waals surface area contributed by atoms with Gasteiger partial charge in [-0.3, -0.25) is 4.79 Å². The lowest BCUT2D eigenvalue weighted by Gasteiger charge is -2.17. The first-order valence-corrected chi connectivity index (χ1v) is 10.5. The molecule has 1 heterocycles. The number of carbonyl (C=O) groups excluding carboxylic acids is 1. The molecule has 1 aliphatic rings. The molecule has 1 amide bonds. The fourth-order valence-electron chi connectivity index (χ4n) is 3.16. The zero-order chi connectivity index (χ0) is 19.4. The van der Waals surface area contributed by atoms with E-state index >= 15 is 0 Å². The first-order valence-electron chi connectivity index (χ1n) is 9.01. The Morgan fingerprint density at radius 3 is 2.44 bits per heavy atom. The second-order valence-electron chi connectivity index (χ2n) is 6.72. The van der Waals surface area contributed by atoms with E-state index in [9.17, 15) is 17.6 Å². The molecule has 1 N–H and O–H groups in total. The number of nitrogens with zero attached hydrogens (tertiary/aromatic N) is 1. The number of carbonyl (C=O) groups is 1. The van der Waals surface area contributed by atoms with Crippen LogP contribution < -0.4 is 5.32 Å². The Morgan fingerprint density at radius 2 is 1.78 bits per heavy atom. The molecule has 0 saturated carbocycles. The van der Waals surface area contributed by atoms with Gasteiger partial charge in [-0.15, -0.1) is 0 Å². The van der Waals surface area contributed by atoms with Crippen LogP contribution in [0.5, 0.6) is 0 Å². The maximum Gasteiger partial charge on any atom is 0.251 e. The van der Waals surface area contributed by atoms with Crippen molar-refractivity contribution in [2.24, 2.45) is 0 Å². The van der Waals surface area contributed by atoms with Gasteiger partial charge in [0.25, 0.3) is 5.91 Å². The molecule has 1 saturated heterocycles. The summed E-state index contributed by atoms with van der Waals surface area (Å²) in [5.41, 5.74) is 1.86. The average molecular weight is 390 g/mol. The van der Waals surface area contributed by atoms with Crippen LogP contribution in [-0.2, 0) is 16.4 Å². The van der Waals surface area contributed by atoms with Gasteiger partial charge < -0.3 is 5.32 Å². The van der Waals surface area contributed by atoms with Crippen LogP contribution in [0.4, 0.5) is 4.39 Å². The summed E-state index contributed by atoms with van der Waals surface area (Å²) in [5, 5.41) is 2.79. The van der Waals surface area contributed by atoms with E-state index < -0.39 is 10.0 Å². The summed E-state index contributed by atoms with van der Waals surface area (Å²) < 4.78 is 40.0. The molecule has 3 rings (SSSR count). The Bertz CT molecular complexity index is 921. The van der Waals surface area contributed by atoms with E-state index in [4.69, 9.17) is 0 Å². The summed E-state index contributed by atoms with van der Waals surface area (Å²) in [6.07, 6.45) is 2.29. The lowest BCUT2D eigenvalue weighted by atomic mass is 10.1. The third-order valence-electron chi connectivity index (χ3n) is 4.75. The monoisotopic (exact) mass is 390 g/mol. The number of benzene rings is 2.